The number of methoxy groups -OCH3 is 1. The zero-order valence-electron chi connectivity index (χ0n) is 16.4. The minimum Gasteiger partial charge on any atom is -0.497 e. The molecule has 0 saturated carbocycles. The Hall–Kier alpha value is -2.38. The van der Waals surface area contributed by atoms with E-state index >= 15 is 0 Å². The minimum atomic E-state index is -3.77. The summed E-state index contributed by atoms with van der Waals surface area (Å²) in [6.07, 6.45) is 0. The first kappa shape index (κ1) is 20.9. The summed E-state index contributed by atoms with van der Waals surface area (Å²) in [7, 11) is -2.26. The Labute approximate surface area is 161 Å². The number of aryl methyl sites for hydroxylation is 3. The lowest BCUT2D eigenvalue weighted by atomic mass is 10.1. The van der Waals surface area contributed by atoms with Gasteiger partial charge in [0.15, 0.2) is 0 Å². The Bertz CT molecular complexity index is 898. The molecule has 0 heterocycles. The predicted octanol–water partition coefficient (Wildman–Crippen LogP) is 3.27. The molecule has 6 nitrogen and oxygen atoms in total. The molecule has 0 radical (unpaired) electrons. The summed E-state index contributed by atoms with van der Waals surface area (Å²) in [4.78, 5) is 12.6. The summed E-state index contributed by atoms with van der Waals surface area (Å²) < 4.78 is 31.9. The number of nitrogens with one attached hydrogen (secondary N) is 1. The third-order valence-corrected chi connectivity index (χ3v) is 6.25. The first-order valence-corrected chi connectivity index (χ1v) is 10.1. The second-order valence-electron chi connectivity index (χ2n) is 6.43. The number of hydrogen-bond donors (Lipinski definition) is 1. The maximum Gasteiger partial charge on any atom is 0.243 e. The van der Waals surface area contributed by atoms with Crippen LogP contribution in [0.1, 0.15) is 23.6 Å². The van der Waals surface area contributed by atoms with Crippen LogP contribution < -0.4 is 10.1 Å². The molecule has 7 heteroatoms. The predicted molar refractivity (Wildman–Crippen MR) is 107 cm³/mol. The first-order valence-electron chi connectivity index (χ1n) is 8.71. The van der Waals surface area contributed by atoms with E-state index in [1.807, 2.05) is 32.9 Å². The van der Waals surface area contributed by atoms with Crippen LogP contribution in [0.25, 0.3) is 0 Å². The van der Waals surface area contributed by atoms with E-state index in [0.29, 0.717) is 5.75 Å². The third kappa shape index (κ3) is 4.87. The van der Waals surface area contributed by atoms with Crippen LogP contribution in [0.5, 0.6) is 5.75 Å². The molecule has 1 N–H and O–H groups in total. The zero-order chi connectivity index (χ0) is 20.2. The van der Waals surface area contributed by atoms with Gasteiger partial charge in [0, 0.05) is 12.2 Å². The molecule has 0 bridgehead atoms. The van der Waals surface area contributed by atoms with E-state index in [9.17, 15) is 13.2 Å². The molecule has 0 unspecified atom stereocenters. The highest BCUT2D eigenvalue weighted by Gasteiger charge is 2.25. The number of hydrogen-bond acceptors (Lipinski definition) is 4. The zero-order valence-corrected chi connectivity index (χ0v) is 17.2. The number of sulfonamides is 1. The topological polar surface area (TPSA) is 75.7 Å². The average molecular weight is 391 g/mol. The van der Waals surface area contributed by atoms with Crippen LogP contribution in [0.2, 0.25) is 0 Å². The molecule has 2 rings (SSSR count). The van der Waals surface area contributed by atoms with Crippen LogP contribution in [0.4, 0.5) is 5.69 Å². The van der Waals surface area contributed by atoms with Crippen molar-refractivity contribution >= 4 is 21.6 Å². The number of rotatable bonds is 7. The lowest BCUT2D eigenvalue weighted by Crippen LogP contribution is -2.38. The molecule has 146 valence electrons. The summed E-state index contributed by atoms with van der Waals surface area (Å²) in [5, 5.41) is 2.85. The fraction of sp³-hybridized carbons (Fsp3) is 0.350. The van der Waals surface area contributed by atoms with Gasteiger partial charge >= 0.3 is 0 Å². The summed E-state index contributed by atoms with van der Waals surface area (Å²) >= 11 is 0. The monoisotopic (exact) mass is 390 g/mol. The van der Waals surface area contributed by atoms with Gasteiger partial charge in [-0.15, -0.1) is 0 Å². The van der Waals surface area contributed by atoms with Crippen molar-refractivity contribution in [2.75, 3.05) is 25.5 Å². The molecule has 1 amide bonds. The molecule has 2 aromatic carbocycles. The molecule has 0 aliphatic carbocycles. The Morgan fingerprint density at radius 1 is 1.07 bits per heavy atom. The van der Waals surface area contributed by atoms with Crippen LogP contribution in [0.3, 0.4) is 0 Å². The summed E-state index contributed by atoms with van der Waals surface area (Å²) in [6, 6.07) is 10.1. The number of anilines is 1. The van der Waals surface area contributed by atoms with E-state index in [4.69, 9.17) is 4.74 Å². The van der Waals surface area contributed by atoms with Crippen LogP contribution >= 0.6 is 0 Å². The van der Waals surface area contributed by atoms with Crippen LogP contribution in [-0.2, 0) is 14.8 Å². The standard InChI is InChI=1S/C20H26N2O4S/c1-6-22(27(24,25)18-9-7-17(26-5)8-10-18)13-19(23)21-20-15(3)11-14(2)12-16(20)4/h7-12H,6,13H2,1-5H3,(H,21,23). The summed E-state index contributed by atoms with van der Waals surface area (Å²) in [6.45, 7) is 7.47. The molecule has 0 saturated heterocycles. The van der Waals surface area contributed by atoms with E-state index in [1.165, 1.54) is 19.2 Å². The largest absolute Gasteiger partial charge is 0.497 e. The van der Waals surface area contributed by atoms with Crippen LogP contribution in [-0.4, -0.2) is 38.8 Å². The number of carbonyl (C=O) groups is 1. The number of benzene rings is 2. The lowest BCUT2D eigenvalue weighted by Gasteiger charge is -2.21. The molecule has 0 spiro atoms. The van der Waals surface area contributed by atoms with Gasteiger partial charge in [0.2, 0.25) is 15.9 Å². The summed E-state index contributed by atoms with van der Waals surface area (Å²) in [5.74, 6) is 0.198. The minimum absolute atomic E-state index is 0.126. The van der Waals surface area contributed by atoms with E-state index in [0.717, 1.165) is 26.7 Å². The first-order chi connectivity index (χ1) is 12.7. The Morgan fingerprint density at radius 3 is 2.11 bits per heavy atom. The number of nitrogens with zero attached hydrogens (tertiary/aromatic N) is 1. The molecule has 0 atom stereocenters. The van der Waals surface area contributed by atoms with E-state index in [1.54, 1.807) is 19.1 Å². The van der Waals surface area contributed by atoms with Crippen molar-refractivity contribution in [3.63, 3.8) is 0 Å². The van der Waals surface area contributed by atoms with Crippen molar-refractivity contribution in [3.05, 3.63) is 53.1 Å². The van der Waals surface area contributed by atoms with Gasteiger partial charge in [-0.05, 0) is 56.2 Å². The third-order valence-electron chi connectivity index (χ3n) is 4.31. The molecule has 0 aliphatic rings. The number of likely N-dealkylation sites (N-methyl/N-ethyl adjacent to an activating group) is 1. The molecule has 27 heavy (non-hydrogen) atoms. The van der Waals surface area contributed by atoms with Crippen molar-refractivity contribution in [3.8, 4) is 5.75 Å². The maximum atomic E-state index is 12.8. The second kappa shape index (κ2) is 8.54. The highest BCUT2D eigenvalue weighted by molar-refractivity contribution is 7.89. The van der Waals surface area contributed by atoms with Crippen LogP contribution in [0, 0.1) is 20.8 Å². The SMILES string of the molecule is CCN(CC(=O)Nc1c(C)cc(C)cc1C)S(=O)(=O)c1ccc(OC)cc1. The molecular formula is C20H26N2O4S. The van der Waals surface area contributed by atoms with Gasteiger partial charge in [0.1, 0.15) is 5.75 Å². The Balaban J connectivity index is 2.19. The number of ether oxygens (including phenoxy) is 1. The number of carbonyl (C=O) groups excluding carboxylic acids is 1. The molecule has 0 aromatic heterocycles. The normalized spacial score (nSPS) is 11.5. The van der Waals surface area contributed by atoms with Gasteiger partial charge in [0.25, 0.3) is 0 Å². The molecule has 2 aromatic rings. The maximum absolute atomic E-state index is 12.8. The van der Waals surface area contributed by atoms with Crippen molar-refractivity contribution in [1.29, 1.82) is 0 Å². The molecular weight excluding hydrogens is 364 g/mol. The fourth-order valence-electron chi connectivity index (χ4n) is 2.98. The van der Waals surface area contributed by atoms with Crippen molar-refractivity contribution in [2.45, 2.75) is 32.6 Å². The Kier molecular flexibility index (Phi) is 6.62. The average Bonchev–Trinajstić information content (AvgIpc) is 2.62. The van der Waals surface area contributed by atoms with Gasteiger partial charge in [-0.2, -0.15) is 4.31 Å². The van der Waals surface area contributed by atoms with E-state index in [2.05, 4.69) is 5.32 Å². The van der Waals surface area contributed by atoms with Crippen molar-refractivity contribution in [1.82, 2.24) is 4.31 Å². The lowest BCUT2D eigenvalue weighted by molar-refractivity contribution is -0.116. The highest BCUT2D eigenvalue weighted by Crippen LogP contribution is 2.23. The van der Waals surface area contributed by atoms with Gasteiger partial charge in [-0.1, -0.05) is 24.6 Å². The Morgan fingerprint density at radius 2 is 1.63 bits per heavy atom. The fourth-order valence-corrected chi connectivity index (χ4v) is 4.39. The number of amides is 1. The smallest absolute Gasteiger partial charge is 0.243 e. The van der Waals surface area contributed by atoms with Gasteiger partial charge in [0.05, 0.1) is 18.6 Å². The van der Waals surface area contributed by atoms with Crippen molar-refractivity contribution in [2.24, 2.45) is 0 Å². The van der Waals surface area contributed by atoms with E-state index < -0.39 is 10.0 Å². The highest BCUT2D eigenvalue weighted by atomic mass is 32.2. The van der Waals surface area contributed by atoms with Crippen LogP contribution in [0.15, 0.2) is 41.3 Å². The second-order valence-corrected chi connectivity index (χ2v) is 8.37. The van der Waals surface area contributed by atoms with Gasteiger partial charge in [-0.3, -0.25) is 4.79 Å². The van der Waals surface area contributed by atoms with E-state index in [-0.39, 0.29) is 23.9 Å². The molecule has 0 aliphatic heterocycles. The van der Waals surface area contributed by atoms with Gasteiger partial charge in [-0.25, -0.2) is 8.42 Å². The van der Waals surface area contributed by atoms with Crippen molar-refractivity contribution < 1.29 is 17.9 Å². The van der Waals surface area contributed by atoms with Gasteiger partial charge < -0.3 is 10.1 Å². The summed E-state index contributed by atoms with van der Waals surface area (Å²) in [5.41, 5.74) is 3.73. The molecule has 0 fully saturated rings. The quantitative estimate of drug-likeness (QED) is 0.787.